The zero-order valence-corrected chi connectivity index (χ0v) is 18.0. The lowest BCUT2D eigenvalue weighted by Gasteiger charge is -2.16. The minimum atomic E-state index is -0.843. The van der Waals surface area contributed by atoms with Crippen molar-refractivity contribution in [1.82, 2.24) is 14.1 Å². The third-order valence-electron chi connectivity index (χ3n) is 5.22. The number of aryl methyl sites for hydroxylation is 3. The lowest BCUT2D eigenvalue weighted by molar-refractivity contribution is -0.136. The molecule has 0 aliphatic heterocycles. The Morgan fingerprint density at radius 3 is 2.61 bits per heavy atom. The van der Waals surface area contributed by atoms with Crippen molar-refractivity contribution < 1.29 is 14.7 Å². The lowest BCUT2D eigenvalue weighted by Crippen LogP contribution is -2.12. The van der Waals surface area contributed by atoms with Crippen molar-refractivity contribution in [3.05, 3.63) is 76.8 Å². The van der Waals surface area contributed by atoms with Crippen LogP contribution >= 0.6 is 11.3 Å². The maximum atomic E-state index is 11.6. The van der Waals surface area contributed by atoms with Crippen LogP contribution in [-0.2, 0) is 11.2 Å². The number of carbonyl (C=O) groups is 2. The average molecular weight is 435 g/mol. The van der Waals surface area contributed by atoms with Gasteiger partial charge in [0.2, 0.25) is 5.91 Å². The highest BCUT2D eigenvalue weighted by molar-refractivity contribution is 7.13. The summed E-state index contributed by atoms with van der Waals surface area (Å²) in [6.45, 7) is 3.87. The Balaban J connectivity index is 1.83. The summed E-state index contributed by atoms with van der Waals surface area (Å²) in [6, 6.07) is 11.4. The molecular formula is C23H22N4O3S. The summed E-state index contributed by atoms with van der Waals surface area (Å²) in [5.74, 6) is -0.420. The number of amides is 1. The van der Waals surface area contributed by atoms with Gasteiger partial charge in [0.1, 0.15) is 5.82 Å². The zero-order chi connectivity index (χ0) is 22.1. The summed E-state index contributed by atoms with van der Waals surface area (Å²) in [7, 11) is 0. The average Bonchev–Trinajstić information content (AvgIpc) is 3.45. The van der Waals surface area contributed by atoms with Crippen molar-refractivity contribution in [2.24, 2.45) is 5.73 Å². The predicted molar refractivity (Wildman–Crippen MR) is 120 cm³/mol. The number of carbonyl (C=O) groups excluding carboxylic acids is 1. The normalized spacial score (nSPS) is 11.0. The summed E-state index contributed by atoms with van der Waals surface area (Å²) in [5.41, 5.74) is 10.5. The monoisotopic (exact) mass is 434 g/mol. The van der Waals surface area contributed by atoms with Gasteiger partial charge in [-0.25, -0.2) is 4.98 Å². The van der Waals surface area contributed by atoms with Crippen LogP contribution in [0.25, 0.3) is 21.9 Å². The van der Waals surface area contributed by atoms with E-state index in [0.717, 1.165) is 39.0 Å². The third-order valence-corrected chi connectivity index (χ3v) is 6.16. The zero-order valence-electron chi connectivity index (χ0n) is 17.2. The number of aliphatic carboxylic acids is 1. The van der Waals surface area contributed by atoms with Gasteiger partial charge >= 0.3 is 5.97 Å². The van der Waals surface area contributed by atoms with Crippen LogP contribution in [0, 0.1) is 13.8 Å². The fraction of sp³-hybridized carbons (Fsp3) is 0.174. The van der Waals surface area contributed by atoms with Gasteiger partial charge in [-0.2, -0.15) is 0 Å². The Morgan fingerprint density at radius 1 is 1.16 bits per heavy atom. The van der Waals surface area contributed by atoms with E-state index in [0.29, 0.717) is 12.0 Å². The van der Waals surface area contributed by atoms with Gasteiger partial charge in [-0.1, -0.05) is 0 Å². The molecule has 4 aromatic rings. The van der Waals surface area contributed by atoms with Gasteiger partial charge in [0.05, 0.1) is 22.7 Å². The Bertz CT molecular complexity index is 1280. The number of carboxylic acid groups (broad SMARTS) is 1. The second-order valence-corrected chi connectivity index (χ2v) is 8.23. The Hall–Kier alpha value is -3.65. The third kappa shape index (κ3) is 4.02. The predicted octanol–water partition coefficient (Wildman–Crippen LogP) is 4.12. The first-order valence-electron chi connectivity index (χ1n) is 9.77. The van der Waals surface area contributed by atoms with Crippen molar-refractivity contribution in [3.8, 4) is 21.9 Å². The second-order valence-electron chi connectivity index (χ2n) is 7.32. The van der Waals surface area contributed by atoms with Crippen LogP contribution < -0.4 is 5.73 Å². The molecular weight excluding hydrogens is 412 g/mol. The smallest absolute Gasteiger partial charge is 0.303 e. The van der Waals surface area contributed by atoms with Crippen LogP contribution in [0.15, 0.2) is 54.2 Å². The number of hydrogen-bond acceptors (Lipinski definition) is 4. The van der Waals surface area contributed by atoms with E-state index in [1.165, 1.54) is 0 Å². The Labute approximate surface area is 183 Å². The summed E-state index contributed by atoms with van der Waals surface area (Å²) < 4.78 is 4.09. The molecule has 31 heavy (non-hydrogen) atoms. The summed E-state index contributed by atoms with van der Waals surface area (Å²) in [4.78, 5) is 28.1. The maximum absolute atomic E-state index is 11.6. The highest BCUT2D eigenvalue weighted by Gasteiger charge is 2.17. The molecule has 0 bridgehead atoms. The van der Waals surface area contributed by atoms with Crippen LogP contribution in [0.5, 0.6) is 0 Å². The topological polar surface area (TPSA) is 103 Å². The molecule has 0 atom stereocenters. The van der Waals surface area contributed by atoms with Crippen LogP contribution in [0.3, 0.4) is 0 Å². The van der Waals surface area contributed by atoms with Crippen molar-refractivity contribution >= 4 is 23.2 Å². The van der Waals surface area contributed by atoms with Gasteiger partial charge in [0.15, 0.2) is 0 Å². The number of carboxylic acids is 1. The molecule has 3 N–H and O–H groups in total. The van der Waals surface area contributed by atoms with Gasteiger partial charge in [-0.15, -0.1) is 11.3 Å². The molecule has 8 heteroatoms. The molecule has 4 rings (SSSR count). The molecule has 158 valence electrons. The van der Waals surface area contributed by atoms with Crippen molar-refractivity contribution in [1.29, 1.82) is 0 Å². The number of rotatable bonds is 7. The molecule has 0 radical (unpaired) electrons. The molecule has 3 heterocycles. The van der Waals surface area contributed by atoms with E-state index < -0.39 is 11.9 Å². The SMILES string of the molecule is Cc1cc(C(N)=O)ccc1-n1c(CCC(=O)O)ccc1-c1cc(-n2ccnc2C)cs1. The van der Waals surface area contributed by atoms with E-state index in [-0.39, 0.29) is 6.42 Å². The first-order chi connectivity index (χ1) is 14.8. The van der Waals surface area contributed by atoms with Gasteiger partial charge < -0.3 is 20.0 Å². The molecule has 0 aliphatic rings. The molecule has 0 saturated heterocycles. The van der Waals surface area contributed by atoms with E-state index in [9.17, 15) is 14.7 Å². The highest BCUT2D eigenvalue weighted by Crippen LogP contribution is 2.34. The molecule has 0 fully saturated rings. The van der Waals surface area contributed by atoms with Crippen molar-refractivity contribution in [2.75, 3.05) is 0 Å². The van der Waals surface area contributed by atoms with Gasteiger partial charge in [0.25, 0.3) is 0 Å². The number of thiophene rings is 1. The van der Waals surface area contributed by atoms with E-state index in [4.69, 9.17) is 5.73 Å². The van der Waals surface area contributed by atoms with Crippen LogP contribution in [0.4, 0.5) is 0 Å². The molecule has 0 unspecified atom stereocenters. The minimum Gasteiger partial charge on any atom is -0.481 e. The van der Waals surface area contributed by atoms with E-state index in [1.807, 2.05) is 42.8 Å². The first kappa shape index (κ1) is 20.6. The summed E-state index contributed by atoms with van der Waals surface area (Å²) in [5, 5.41) is 11.3. The first-order valence-corrected chi connectivity index (χ1v) is 10.7. The number of aromatic nitrogens is 3. The van der Waals surface area contributed by atoms with Crippen LogP contribution in [-0.4, -0.2) is 31.1 Å². The number of hydrogen-bond donors (Lipinski definition) is 2. The van der Waals surface area contributed by atoms with E-state index in [2.05, 4.69) is 21.0 Å². The summed E-state index contributed by atoms with van der Waals surface area (Å²) >= 11 is 1.61. The molecule has 0 aliphatic carbocycles. The molecule has 1 amide bonds. The van der Waals surface area contributed by atoms with Crippen molar-refractivity contribution in [3.63, 3.8) is 0 Å². The number of nitrogens with two attached hydrogens (primary N) is 1. The number of nitrogens with zero attached hydrogens (tertiary/aromatic N) is 3. The molecule has 1 aromatic carbocycles. The maximum Gasteiger partial charge on any atom is 0.303 e. The lowest BCUT2D eigenvalue weighted by atomic mass is 10.1. The van der Waals surface area contributed by atoms with Gasteiger partial charge in [-0.05, 0) is 62.2 Å². The number of benzene rings is 1. The molecule has 0 saturated carbocycles. The fourth-order valence-corrected chi connectivity index (χ4v) is 4.58. The fourth-order valence-electron chi connectivity index (χ4n) is 3.68. The molecule has 0 spiro atoms. The van der Waals surface area contributed by atoms with E-state index >= 15 is 0 Å². The van der Waals surface area contributed by atoms with Crippen LogP contribution in [0.1, 0.15) is 33.9 Å². The minimum absolute atomic E-state index is 0.0335. The standard InChI is InChI=1S/C23H22N4O3S/c1-14-11-16(23(24)30)3-6-19(14)27-17(5-8-22(28)29)4-7-20(27)21-12-18(13-31-21)26-10-9-25-15(26)2/h3-4,6-7,9-13H,5,8H2,1-2H3,(H2,24,30)(H,28,29). The van der Waals surface area contributed by atoms with Crippen LogP contribution in [0.2, 0.25) is 0 Å². The summed E-state index contributed by atoms with van der Waals surface area (Å²) in [6.07, 6.45) is 4.12. The quantitative estimate of drug-likeness (QED) is 0.456. The van der Waals surface area contributed by atoms with E-state index in [1.54, 1.807) is 29.7 Å². The van der Waals surface area contributed by atoms with Gasteiger partial charge in [-0.3, -0.25) is 9.59 Å². The number of imidazole rings is 1. The largest absolute Gasteiger partial charge is 0.481 e. The Morgan fingerprint density at radius 2 is 1.97 bits per heavy atom. The molecule has 3 aromatic heterocycles. The Kier molecular flexibility index (Phi) is 5.48. The second kappa shape index (κ2) is 8.23. The van der Waals surface area contributed by atoms with Gasteiger partial charge in [0, 0.05) is 34.7 Å². The molecule has 7 nitrogen and oxygen atoms in total. The van der Waals surface area contributed by atoms with Crippen molar-refractivity contribution in [2.45, 2.75) is 26.7 Å². The highest BCUT2D eigenvalue weighted by atomic mass is 32.1. The number of primary amides is 1.